The summed E-state index contributed by atoms with van der Waals surface area (Å²) in [5.41, 5.74) is 0.246. The molecule has 240 valence electrons. The third-order valence-corrected chi connectivity index (χ3v) is 10.4. The first-order chi connectivity index (χ1) is 22.1. The Bertz CT molecular complexity index is 1900. The summed E-state index contributed by atoms with van der Waals surface area (Å²) in [6, 6.07) is 9.30. The van der Waals surface area contributed by atoms with E-state index in [0.29, 0.717) is 40.7 Å². The zero-order chi connectivity index (χ0) is 32.3. The lowest BCUT2D eigenvalue weighted by atomic mass is 9.95. The number of amides is 1. The van der Waals surface area contributed by atoms with Gasteiger partial charge in [0.05, 0.1) is 15.6 Å². The second kappa shape index (κ2) is 11.9. The van der Waals surface area contributed by atoms with Crippen molar-refractivity contribution in [2.24, 2.45) is 0 Å². The minimum absolute atomic E-state index is 0.0148. The molecule has 0 aliphatic carbocycles. The van der Waals surface area contributed by atoms with Gasteiger partial charge in [-0.25, -0.2) is 13.2 Å². The Labute approximate surface area is 274 Å². The minimum Gasteiger partial charge on any atom is -0.461 e. The molecule has 0 radical (unpaired) electrons. The average molecular weight is 671 g/mol. The molecule has 4 aromatic rings. The smallest absolute Gasteiger partial charge is 0.319 e. The second-order valence-electron chi connectivity index (χ2n) is 12.4. The maximum atomic E-state index is 16.9. The first kappa shape index (κ1) is 31.0. The maximum Gasteiger partial charge on any atom is 0.319 e. The number of halogens is 5. The van der Waals surface area contributed by atoms with Crippen LogP contribution in [-0.4, -0.2) is 76.6 Å². The molecule has 0 spiro atoms. The third-order valence-electron chi connectivity index (χ3n) is 9.75. The van der Waals surface area contributed by atoms with Gasteiger partial charge in [-0.3, -0.25) is 9.69 Å². The van der Waals surface area contributed by atoms with Crippen LogP contribution in [0.25, 0.3) is 32.8 Å². The van der Waals surface area contributed by atoms with Crippen molar-refractivity contribution in [3.63, 3.8) is 0 Å². The van der Waals surface area contributed by atoms with E-state index >= 15 is 4.39 Å². The molecule has 7 nitrogen and oxygen atoms in total. The second-order valence-corrected chi connectivity index (χ2v) is 13.2. The molecule has 3 fully saturated rings. The highest BCUT2D eigenvalue weighted by Gasteiger charge is 2.45. The summed E-state index contributed by atoms with van der Waals surface area (Å²) in [4.78, 5) is 27.5. The topological polar surface area (TPSA) is 61.8 Å². The van der Waals surface area contributed by atoms with Gasteiger partial charge in [0, 0.05) is 42.0 Å². The van der Waals surface area contributed by atoms with E-state index in [4.69, 9.17) is 32.9 Å². The number of aromatic nitrogens is 2. The lowest BCUT2D eigenvalue weighted by Crippen LogP contribution is -2.54. The molecule has 0 N–H and O–H groups in total. The molecule has 7 rings (SSSR count). The number of fused-ring (bicyclic) bond motifs is 3. The molecular formula is C34H32Cl2F3N5O2. The van der Waals surface area contributed by atoms with Crippen LogP contribution in [0.15, 0.2) is 48.8 Å². The largest absolute Gasteiger partial charge is 0.461 e. The molecule has 3 saturated heterocycles. The molecule has 0 bridgehead atoms. The average Bonchev–Trinajstić information content (AvgIpc) is 3.62. The van der Waals surface area contributed by atoms with E-state index in [2.05, 4.69) is 16.5 Å². The summed E-state index contributed by atoms with van der Waals surface area (Å²) < 4.78 is 51.5. The van der Waals surface area contributed by atoms with Crippen LogP contribution in [0.2, 0.25) is 10.0 Å². The maximum absolute atomic E-state index is 16.9. The Hall–Kier alpha value is -3.60. The van der Waals surface area contributed by atoms with Crippen molar-refractivity contribution in [2.45, 2.75) is 44.2 Å². The van der Waals surface area contributed by atoms with Gasteiger partial charge in [0.1, 0.15) is 23.8 Å². The fourth-order valence-electron chi connectivity index (χ4n) is 7.50. The van der Waals surface area contributed by atoms with E-state index in [-0.39, 0.29) is 51.8 Å². The van der Waals surface area contributed by atoms with Crippen molar-refractivity contribution in [2.75, 3.05) is 44.2 Å². The number of carbonyl (C=O) groups excluding carboxylic acids is 1. The van der Waals surface area contributed by atoms with E-state index in [1.165, 1.54) is 11.0 Å². The number of ether oxygens (including phenoxy) is 1. The van der Waals surface area contributed by atoms with Crippen LogP contribution in [0.3, 0.4) is 0 Å². The summed E-state index contributed by atoms with van der Waals surface area (Å²) in [6.07, 6.45) is 4.19. The number of piperazine rings is 1. The highest BCUT2D eigenvalue weighted by molar-refractivity contribution is 6.38. The zero-order valence-electron chi connectivity index (χ0n) is 25.3. The lowest BCUT2D eigenvalue weighted by Gasteiger charge is -2.40. The summed E-state index contributed by atoms with van der Waals surface area (Å²) in [6.45, 7) is 8.13. The number of nitrogens with zero attached hydrogens (tertiary/aromatic N) is 5. The lowest BCUT2D eigenvalue weighted by molar-refractivity contribution is -0.129. The van der Waals surface area contributed by atoms with Crippen LogP contribution in [0.4, 0.5) is 19.0 Å². The predicted octanol–water partition coefficient (Wildman–Crippen LogP) is 7.56. The summed E-state index contributed by atoms with van der Waals surface area (Å²) in [7, 11) is 0. The van der Waals surface area contributed by atoms with Gasteiger partial charge >= 0.3 is 6.01 Å². The molecule has 3 aliphatic rings. The number of anilines is 1. The van der Waals surface area contributed by atoms with Crippen molar-refractivity contribution < 1.29 is 22.7 Å². The summed E-state index contributed by atoms with van der Waals surface area (Å²) >= 11 is 13.3. The zero-order valence-corrected chi connectivity index (χ0v) is 26.8. The molecule has 3 aromatic carbocycles. The third kappa shape index (κ3) is 5.15. The van der Waals surface area contributed by atoms with E-state index in [9.17, 15) is 13.6 Å². The number of rotatable bonds is 6. The van der Waals surface area contributed by atoms with Crippen molar-refractivity contribution in [1.82, 2.24) is 19.8 Å². The fourth-order valence-corrected chi connectivity index (χ4v) is 8.06. The van der Waals surface area contributed by atoms with Gasteiger partial charge in [0.25, 0.3) is 5.91 Å². The van der Waals surface area contributed by atoms with Crippen LogP contribution >= 0.6 is 23.2 Å². The highest BCUT2D eigenvalue weighted by Crippen LogP contribution is 2.44. The van der Waals surface area contributed by atoms with Crippen LogP contribution in [-0.2, 0) is 4.79 Å². The van der Waals surface area contributed by atoms with Crippen LogP contribution < -0.4 is 9.64 Å². The van der Waals surface area contributed by atoms with E-state index < -0.39 is 23.4 Å². The van der Waals surface area contributed by atoms with Gasteiger partial charge in [-0.15, -0.1) is 0 Å². The molecular weight excluding hydrogens is 638 g/mol. The molecule has 0 saturated carbocycles. The summed E-state index contributed by atoms with van der Waals surface area (Å²) in [5, 5.41) is 1.24. The Morgan fingerprint density at radius 2 is 1.85 bits per heavy atom. The quantitative estimate of drug-likeness (QED) is 0.198. The van der Waals surface area contributed by atoms with Crippen LogP contribution in [0.1, 0.15) is 32.6 Å². The Morgan fingerprint density at radius 3 is 2.57 bits per heavy atom. The van der Waals surface area contributed by atoms with Gasteiger partial charge in [-0.2, -0.15) is 9.97 Å². The molecule has 0 unspecified atom stereocenters. The SMILES string of the molecule is C=C(F)C(=O)N1CCN(c2nc(OCC34CCCN3CCC4)nc3c(F)c(-c4cccc5ccc(F)c(Cl)c45)c(Cl)cc23)[C@@H](C)C1. The van der Waals surface area contributed by atoms with Gasteiger partial charge in [-0.1, -0.05) is 54.0 Å². The summed E-state index contributed by atoms with van der Waals surface area (Å²) in [5.74, 6) is -2.75. The molecule has 46 heavy (non-hydrogen) atoms. The Morgan fingerprint density at radius 1 is 1.09 bits per heavy atom. The first-order valence-corrected chi connectivity index (χ1v) is 16.2. The Kier molecular flexibility index (Phi) is 8.02. The van der Waals surface area contributed by atoms with Gasteiger partial charge in [-0.05, 0) is 68.8 Å². The molecule has 3 aliphatic heterocycles. The van der Waals surface area contributed by atoms with Crippen molar-refractivity contribution in [1.29, 1.82) is 0 Å². The predicted molar refractivity (Wildman–Crippen MR) is 174 cm³/mol. The molecule has 4 heterocycles. The monoisotopic (exact) mass is 669 g/mol. The van der Waals surface area contributed by atoms with Gasteiger partial charge < -0.3 is 14.5 Å². The molecule has 1 atom stereocenters. The van der Waals surface area contributed by atoms with E-state index in [0.717, 1.165) is 38.8 Å². The number of carbonyl (C=O) groups is 1. The number of hydrogen-bond acceptors (Lipinski definition) is 6. The van der Waals surface area contributed by atoms with Gasteiger partial charge in [0.15, 0.2) is 11.6 Å². The van der Waals surface area contributed by atoms with Crippen LogP contribution in [0.5, 0.6) is 6.01 Å². The normalized spacial score (nSPS) is 19.7. The standard InChI is InChI=1S/C34H32Cl2F3N5O2/c1-19-17-42(32(45)20(2)37)14-15-44(19)31-23-16-24(35)27(22-7-3-6-21-8-9-25(38)28(36)26(21)22)29(39)30(23)40-33(41-31)46-18-34-10-4-12-43(34)13-5-11-34/h3,6-9,16,19H,2,4-5,10-15,17-18H2,1H3/t19-/m0/s1. The van der Waals surface area contributed by atoms with Gasteiger partial charge in [0.2, 0.25) is 0 Å². The minimum atomic E-state index is -1.02. The number of benzene rings is 3. The molecule has 12 heteroatoms. The van der Waals surface area contributed by atoms with E-state index in [1.807, 2.05) is 11.8 Å². The van der Waals surface area contributed by atoms with Crippen LogP contribution in [0, 0.1) is 11.6 Å². The van der Waals surface area contributed by atoms with Crippen molar-refractivity contribution in [3.05, 3.63) is 70.5 Å². The fraction of sp³-hybridized carbons (Fsp3) is 0.382. The molecule has 1 aromatic heterocycles. The Balaban J connectivity index is 1.36. The first-order valence-electron chi connectivity index (χ1n) is 15.4. The van der Waals surface area contributed by atoms with Crippen molar-refractivity contribution >= 4 is 56.6 Å². The van der Waals surface area contributed by atoms with Crippen molar-refractivity contribution in [3.8, 4) is 17.1 Å². The molecule has 1 amide bonds. The van der Waals surface area contributed by atoms with E-state index in [1.54, 1.807) is 30.3 Å². The number of hydrogen-bond donors (Lipinski definition) is 0. The highest BCUT2D eigenvalue weighted by atomic mass is 35.5.